The molecular formula is C32H58O2. The third-order valence-corrected chi connectivity index (χ3v) is 6.84. The highest BCUT2D eigenvalue weighted by atomic mass is 16.5. The molecule has 0 aliphatic rings. The van der Waals surface area contributed by atoms with Crippen LogP contribution in [0.25, 0.3) is 0 Å². The molecule has 0 unspecified atom stereocenters. The van der Waals surface area contributed by atoms with Crippen LogP contribution in [0.3, 0.4) is 0 Å². The molecule has 0 N–H and O–H groups in total. The van der Waals surface area contributed by atoms with Crippen LogP contribution in [0.2, 0.25) is 0 Å². The van der Waals surface area contributed by atoms with Gasteiger partial charge >= 0.3 is 0 Å². The third kappa shape index (κ3) is 20.2. The first-order valence-corrected chi connectivity index (χ1v) is 15.2. The first-order valence-electron chi connectivity index (χ1n) is 15.2. The molecule has 0 bridgehead atoms. The summed E-state index contributed by atoms with van der Waals surface area (Å²) in [6.07, 6.45) is 30.1. The van der Waals surface area contributed by atoms with Crippen molar-refractivity contribution in [2.75, 3.05) is 13.2 Å². The Morgan fingerprint density at radius 1 is 0.412 bits per heavy atom. The van der Waals surface area contributed by atoms with E-state index >= 15 is 0 Å². The molecule has 0 heterocycles. The molecular weight excluding hydrogens is 416 g/mol. The Morgan fingerprint density at radius 2 is 0.706 bits per heavy atom. The average molecular weight is 475 g/mol. The van der Waals surface area contributed by atoms with Crippen molar-refractivity contribution in [1.82, 2.24) is 0 Å². The van der Waals surface area contributed by atoms with Crippen LogP contribution in [-0.2, 0) is 0 Å². The van der Waals surface area contributed by atoms with Crippen LogP contribution in [0.5, 0.6) is 11.5 Å². The molecule has 2 nitrogen and oxygen atoms in total. The molecule has 0 fully saturated rings. The van der Waals surface area contributed by atoms with E-state index in [0.717, 1.165) is 37.6 Å². The van der Waals surface area contributed by atoms with Gasteiger partial charge in [0, 0.05) is 6.07 Å². The van der Waals surface area contributed by atoms with Gasteiger partial charge in [-0.2, -0.15) is 0 Å². The fourth-order valence-corrected chi connectivity index (χ4v) is 4.57. The molecule has 0 aliphatic heterocycles. The second-order valence-corrected chi connectivity index (χ2v) is 10.2. The maximum absolute atomic E-state index is 5.96. The summed E-state index contributed by atoms with van der Waals surface area (Å²) in [5, 5.41) is 0. The summed E-state index contributed by atoms with van der Waals surface area (Å²) in [6.45, 7) is 6.21. The number of unbranched alkanes of at least 4 members (excludes halogenated alkanes) is 20. The van der Waals surface area contributed by atoms with E-state index in [9.17, 15) is 0 Å². The van der Waals surface area contributed by atoms with Crippen LogP contribution in [-0.4, -0.2) is 13.2 Å². The van der Waals surface area contributed by atoms with Gasteiger partial charge in [0.1, 0.15) is 11.5 Å². The van der Waals surface area contributed by atoms with E-state index in [1.54, 1.807) is 0 Å². The number of benzene rings is 1. The van der Waals surface area contributed by atoms with Gasteiger partial charge in [0.15, 0.2) is 0 Å². The predicted molar refractivity (Wildman–Crippen MR) is 150 cm³/mol. The van der Waals surface area contributed by atoms with Crippen LogP contribution in [0.4, 0.5) is 0 Å². The van der Waals surface area contributed by atoms with E-state index in [1.165, 1.54) is 128 Å². The molecule has 2 heteroatoms. The van der Waals surface area contributed by atoms with Gasteiger partial charge in [0.25, 0.3) is 0 Å². The zero-order chi connectivity index (χ0) is 24.4. The summed E-state index contributed by atoms with van der Waals surface area (Å²) >= 11 is 0. The molecule has 0 aliphatic carbocycles. The predicted octanol–water partition coefficient (Wildman–Crippen LogP) is 11.1. The van der Waals surface area contributed by atoms with E-state index in [1.807, 2.05) is 18.2 Å². The van der Waals surface area contributed by atoms with Gasteiger partial charge in [0.05, 0.1) is 13.2 Å². The van der Waals surface area contributed by atoms with Crippen molar-refractivity contribution in [3.63, 3.8) is 0 Å². The molecule has 0 aromatic heterocycles. The van der Waals surface area contributed by atoms with Gasteiger partial charge < -0.3 is 9.47 Å². The summed E-state index contributed by atoms with van der Waals surface area (Å²) in [5.74, 6) is 1.90. The fraction of sp³-hybridized carbons (Fsp3) is 0.812. The normalized spacial score (nSPS) is 11.1. The van der Waals surface area contributed by atoms with E-state index in [4.69, 9.17) is 9.47 Å². The maximum atomic E-state index is 5.96. The maximum Gasteiger partial charge on any atom is 0.122 e. The van der Waals surface area contributed by atoms with Gasteiger partial charge in [-0.3, -0.25) is 0 Å². The molecule has 1 aromatic rings. The van der Waals surface area contributed by atoms with Crippen molar-refractivity contribution in [2.45, 2.75) is 155 Å². The molecule has 0 saturated heterocycles. The minimum absolute atomic E-state index is 0.819. The monoisotopic (exact) mass is 474 g/mol. The zero-order valence-electron chi connectivity index (χ0n) is 23.1. The number of rotatable bonds is 26. The Morgan fingerprint density at radius 3 is 1.03 bits per heavy atom. The topological polar surface area (TPSA) is 18.5 Å². The van der Waals surface area contributed by atoms with E-state index in [0.29, 0.717) is 0 Å². The first kappa shape index (κ1) is 30.9. The minimum Gasteiger partial charge on any atom is -0.493 e. The Balaban J connectivity index is 1.91. The summed E-state index contributed by atoms with van der Waals surface area (Å²) < 4.78 is 11.9. The quantitative estimate of drug-likeness (QED) is 0.124. The second-order valence-electron chi connectivity index (χ2n) is 10.2. The second kappa shape index (κ2) is 24.9. The lowest BCUT2D eigenvalue weighted by atomic mass is 10.1. The molecule has 0 spiro atoms. The van der Waals surface area contributed by atoms with Crippen molar-refractivity contribution in [2.24, 2.45) is 0 Å². The summed E-state index contributed by atoms with van der Waals surface area (Å²) in [4.78, 5) is 0. The Bertz CT molecular complexity index is 484. The highest BCUT2D eigenvalue weighted by Gasteiger charge is 2.00. The van der Waals surface area contributed by atoms with Crippen molar-refractivity contribution >= 4 is 0 Å². The highest BCUT2D eigenvalue weighted by Crippen LogP contribution is 2.20. The Kier molecular flexibility index (Phi) is 22.6. The van der Waals surface area contributed by atoms with Gasteiger partial charge in [-0.05, 0) is 25.0 Å². The molecule has 198 valence electrons. The molecule has 0 radical (unpaired) electrons. The van der Waals surface area contributed by atoms with E-state index < -0.39 is 0 Å². The Hall–Kier alpha value is -1.18. The molecule has 0 saturated carbocycles. The molecule has 1 rings (SSSR count). The van der Waals surface area contributed by atoms with Crippen LogP contribution in [0.15, 0.2) is 24.3 Å². The number of hydrogen-bond acceptors (Lipinski definition) is 2. The molecule has 34 heavy (non-hydrogen) atoms. The van der Waals surface area contributed by atoms with Gasteiger partial charge in [-0.1, -0.05) is 148 Å². The third-order valence-electron chi connectivity index (χ3n) is 6.84. The van der Waals surface area contributed by atoms with Crippen LogP contribution < -0.4 is 9.47 Å². The Labute approximate surface area is 213 Å². The first-order chi connectivity index (χ1) is 16.9. The number of hydrogen-bond donors (Lipinski definition) is 0. The van der Waals surface area contributed by atoms with Crippen LogP contribution in [0, 0.1) is 0 Å². The largest absolute Gasteiger partial charge is 0.493 e. The highest BCUT2D eigenvalue weighted by molar-refractivity contribution is 5.32. The standard InChI is InChI=1S/C32H58O2/c1-3-5-7-9-11-13-15-17-19-21-23-28-33-31-26-25-27-32(30-31)34-29-24-22-20-18-16-14-12-10-8-6-4-2/h25-27,30H,3-24,28-29H2,1-2H3. The van der Waals surface area contributed by atoms with Gasteiger partial charge in [-0.15, -0.1) is 0 Å². The van der Waals surface area contributed by atoms with Crippen molar-refractivity contribution in [3.05, 3.63) is 24.3 Å². The lowest BCUT2D eigenvalue weighted by Crippen LogP contribution is -2.00. The smallest absolute Gasteiger partial charge is 0.122 e. The van der Waals surface area contributed by atoms with Crippen molar-refractivity contribution in [1.29, 1.82) is 0 Å². The fourth-order valence-electron chi connectivity index (χ4n) is 4.57. The van der Waals surface area contributed by atoms with Gasteiger partial charge in [0.2, 0.25) is 0 Å². The van der Waals surface area contributed by atoms with E-state index in [2.05, 4.69) is 19.9 Å². The lowest BCUT2D eigenvalue weighted by molar-refractivity contribution is 0.289. The number of ether oxygens (including phenoxy) is 2. The van der Waals surface area contributed by atoms with Crippen molar-refractivity contribution < 1.29 is 9.47 Å². The van der Waals surface area contributed by atoms with Gasteiger partial charge in [-0.25, -0.2) is 0 Å². The zero-order valence-corrected chi connectivity index (χ0v) is 23.1. The van der Waals surface area contributed by atoms with Crippen molar-refractivity contribution in [3.8, 4) is 11.5 Å². The average Bonchev–Trinajstić information content (AvgIpc) is 2.85. The lowest BCUT2D eigenvalue weighted by Gasteiger charge is -2.10. The summed E-state index contributed by atoms with van der Waals surface area (Å²) in [6, 6.07) is 8.20. The minimum atomic E-state index is 0.819. The van der Waals surface area contributed by atoms with Crippen LogP contribution >= 0.6 is 0 Å². The molecule has 1 aromatic carbocycles. The molecule has 0 atom stereocenters. The molecule has 0 amide bonds. The van der Waals surface area contributed by atoms with E-state index in [-0.39, 0.29) is 0 Å². The van der Waals surface area contributed by atoms with Crippen LogP contribution in [0.1, 0.15) is 155 Å². The summed E-state index contributed by atoms with van der Waals surface area (Å²) in [5.41, 5.74) is 0. The SMILES string of the molecule is CCCCCCCCCCCCCOc1cccc(OCCCCCCCCCCCCC)c1. The summed E-state index contributed by atoms with van der Waals surface area (Å²) in [7, 11) is 0.